The predicted octanol–water partition coefficient (Wildman–Crippen LogP) is 2.28. The topological polar surface area (TPSA) is 49.3 Å². The van der Waals surface area contributed by atoms with Gasteiger partial charge in [-0.25, -0.2) is 4.39 Å². The van der Waals surface area contributed by atoms with Crippen molar-refractivity contribution in [2.75, 3.05) is 6.54 Å². The zero-order chi connectivity index (χ0) is 14.5. The first-order valence-electron chi connectivity index (χ1n) is 6.48. The summed E-state index contributed by atoms with van der Waals surface area (Å²) in [5.41, 5.74) is 0.497. The minimum Gasteiger partial charge on any atom is -0.393 e. The van der Waals surface area contributed by atoms with Gasteiger partial charge in [0.25, 0.3) is 0 Å². The molecule has 0 bridgehead atoms. The number of rotatable bonds is 6. The van der Waals surface area contributed by atoms with E-state index in [0.717, 1.165) is 0 Å². The molecule has 1 unspecified atom stereocenters. The van der Waals surface area contributed by atoms with Gasteiger partial charge in [0.15, 0.2) is 0 Å². The summed E-state index contributed by atoms with van der Waals surface area (Å²) in [7, 11) is 0. The molecule has 0 aliphatic heterocycles. The van der Waals surface area contributed by atoms with E-state index < -0.39 is 6.10 Å². The molecule has 0 saturated carbocycles. The van der Waals surface area contributed by atoms with Gasteiger partial charge in [0.1, 0.15) is 5.82 Å². The normalized spacial score (nSPS) is 13.1. The summed E-state index contributed by atoms with van der Waals surface area (Å²) in [6.07, 6.45) is 0.394. The Bertz CT molecular complexity index is 430. The van der Waals surface area contributed by atoms with Crippen LogP contribution in [0, 0.1) is 11.2 Å². The molecular formula is C15H22FNO2. The number of amides is 1. The molecule has 0 aromatic heterocycles. The van der Waals surface area contributed by atoms with Crippen molar-refractivity contribution in [2.45, 2.75) is 39.7 Å². The van der Waals surface area contributed by atoms with Gasteiger partial charge in [-0.1, -0.05) is 26.0 Å². The lowest BCUT2D eigenvalue weighted by molar-refractivity contribution is -0.121. The lowest BCUT2D eigenvalue weighted by Gasteiger charge is -2.26. The van der Waals surface area contributed by atoms with E-state index >= 15 is 0 Å². The third-order valence-electron chi connectivity index (χ3n) is 2.87. The van der Waals surface area contributed by atoms with Crippen molar-refractivity contribution in [1.29, 1.82) is 0 Å². The van der Waals surface area contributed by atoms with E-state index in [1.165, 1.54) is 12.1 Å². The lowest BCUT2D eigenvalue weighted by atomic mass is 9.87. The number of hydrogen-bond donors (Lipinski definition) is 2. The molecule has 1 atom stereocenters. The molecule has 4 heteroatoms. The number of carbonyl (C=O) groups is 1. The van der Waals surface area contributed by atoms with Crippen LogP contribution in [-0.2, 0) is 11.2 Å². The molecule has 19 heavy (non-hydrogen) atoms. The first-order valence-corrected chi connectivity index (χ1v) is 6.48. The number of carbonyl (C=O) groups excluding carboxylic acids is 1. The highest BCUT2D eigenvalue weighted by Crippen LogP contribution is 2.21. The maximum Gasteiger partial charge on any atom is 0.224 e. The molecule has 0 saturated heterocycles. The van der Waals surface area contributed by atoms with Gasteiger partial charge in [-0.05, 0) is 36.5 Å². The standard InChI is InChI=1S/C15H22FNO2/c1-11(18)9-15(2,3)10-17-14(19)8-12-5-4-6-13(16)7-12/h4-7,11,18H,8-10H2,1-3H3,(H,17,19). The first-order chi connectivity index (χ1) is 8.78. The maximum atomic E-state index is 13.0. The number of nitrogens with one attached hydrogen (secondary N) is 1. The Hall–Kier alpha value is -1.42. The molecule has 0 radical (unpaired) electrons. The molecule has 2 N–H and O–H groups in total. The predicted molar refractivity (Wildman–Crippen MR) is 73.2 cm³/mol. The summed E-state index contributed by atoms with van der Waals surface area (Å²) in [6, 6.07) is 6.03. The van der Waals surface area contributed by atoms with E-state index in [9.17, 15) is 14.3 Å². The molecule has 1 rings (SSSR count). The van der Waals surface area contributed by atoms with Gasteiger partial charge in [-0.2, -0.15) is 0 Å². The van der Waals surface area contributed by atoms with E-state index in [4.69, 9.17) is 0 Å². The Kier molecular flexibility index (Phi) is 5.48. The van der Waals surface area contributed by atoms with Crippen molar-refractivity contribution < 1.29 is 14.3 Å². The van der Waals surface area contributed by atoms with E-state index in [2.05, 4.69) is 5.32 Å². The zero-order valence-electron chi connectivity index (χ0n) is 11.7. The van der Waals surface area contributed by atoms with Crippen LogP contribution in [0.25, 0.3) is 0 Å². The Morgan fingerprint density at radius 1 is 1.47 bits per heavy atom. The molecular weight excluding hydrogens is 245 g/mol. The van der Waals surface area contributed by atoms with Gasteiger partial charge in [-0.15, -0.1) is 0 Å². The van der Waals surface area contributed by atoms with Gasteiger partial charge < -0.3 is 10.4 Å². The first kappa shape index (κ1) is 15.6. The second-order valence-corrected chi connectivity index (χ2v) is 5.80. The molecule has 0 spiro atoms. The molecule has 1 aromatic rings. The summed E-state index contributed by atoms with van der Waals surface area (Å²) in [5.74, 6) is -0.469. The van der Waals surface area contributed by atoms with Crippen LogP contribution in [0.5, 0.6) is 0 Å². The van der Waals surface area contributed by atoms with Crippen LogP contribution < -0.4 is 5.32 Å². The Labute approximate surface area is 113 Å². The van der Waals surface area contributed by atoms with Crippen LogP contribution in [0.3, 0.4) is 0 Å². The highest BCUT2D eigenvalue weighted by Gasteiger charge is 2.21. The smallest absolute Gasteiger partial charge is 0.224 e. The Morgan fingerprint density at radius 3 is 2.74 bits per heavy atom. The van der Waals surface area contributed by atoms with Crippen molar-refractivity contribution >= 4 is 5.91 Å². The molecule has 0 aliphatic carbocycles. The monoisotopic (exact) mass is 267 g/mol. The minimum atomic E-state index is -0.393. The van der Waals surface area contributed by atoms with Crippen LogP contribution in [0.2, 0.25) is 0 Å². The minimum absolute atomic E-state index is 0.135. The van der Waals surface area contributed by atoms with Crippen LogP contribution in [0.4, 0.5) is 4.39 Å². The number of hydrogen-bond acceptors (Lipinski definition) is 2. The molecule has 3 nitrogen and oxygen atoms in total. The Balaban J connectivity index is 2.44. The largest absolute Gasteiger partial charge is 0.393 e. The molecule has 106 valence electrons. The van der Waals surface area contributed by atoms with Gasteiger partial charge in [0.2, 0.25) is 5.91 Å². The highest BCUT2D eigenvalue weighted by molar-refractivity contribution is 5.78. The third-order valence-corrected chi connectivity index (χ3v) is 2.87. The van der Waals surface area contributed by atoms with E-state index in [-0.39, 0.29) is 23.6 Å². The zero-order valence-corrected chi connectivity index (χ0v) is 11.7. The molecule has 0 fully saturated rings. The van der Waals surface area contributed by atoms with Gasteiger partial charge in [0, 0.05) is 6.54 Å². The quantitative estimate of drug-likeness (QED) is 0.830. The fourth-order valence-corrected chi connectivity index (χ4v) is 2.10. The van der Waals surface area contributed by atoms with Gasteiger partial charge in [0.05, 0.1) is 12.5 Å². The summed E-state index contributed by atoms with van der Waals surface area (Å²) < 4.78 is 13.0. The average molecular weight is 267 g/mol. The SMILES string of the molecule is CC(O)CC(C)(C)CNC(=O)Cc1cccc(F)c1. The molecule has 1 amide bonds. The molecule has 0 aliphatic rings. The van der Waals surface area contributed by atoms with Crippen LogP contribution in [-0.4, -0.2) is 23.7 Å². The number of aliphatic hydroxyl groups is 1. The lowest BCUT2D eigenvalue weighted by Crippen LogP contribution is -2.36. The third kappa shape index (κ3) is 6.34. The van der Waals surface area contributed by atoms with Crippen LogP contribution in [0.1, 0.15) is 32.8 Å². The van der Waals surface area contributed by atoms with Gasteiger partial charge in [-0.3, -0.25) is 4.79 Å². The fraction of sp³-hybridized carbons (Fsp3) is 0.533. The second kappa shape index (κ2) is 6.66. The van der Waals surface area contributed by atoms with E-state index in [0.29, 0.717) is 18.5 Å². The number of aliphatic hydroxyl groups excluding tert-OH is 1. The fourth-order valence-electron chi connectivity index (χ4n) is 2.10. The van der Waals surface area contributed by atoms with Crippen LogP contribution >= 0.6 is 0 Å². The molecule has 0 heterocycles. The summed E-state index contributed by atoms with van der Waals surface area (Å²) in [4.78, 5) is 11.8. The summed E-state index contributed by atoms with van der Waals surface area (Å²) in [6.45, 7) is 6.20. The number of benzene rings is 1. The number of halogens is 1. The summed E-state index contributed by atoms with van der Waals surface area (Å²) in [5, 5.41) is 12.2. The van der Waals surface area contributed by atoms with Gasteiger partial charge >= 0.3 is 0 Å². The van der Waals surface area contributed by atoms with Crippen molar-refractivity contribution in [2.24, 2.45) is 5.41 Å². The Morgan fingerprint density at radius 2 is 2.16 bits per heavy atom. The van der Waals surface area contributed by atoms with Crippen molar-refractivity contribution in [1.82, 2.24) is 5.32 Å². The highest BCUT2D eigenvalue weighted by atomic mass is 19.1. The maximum absolute atomic E-state index is 13.0. The second-order valence-electron chi connectivity index (χ2n) is 5.80. The van der Waals surface area contributed by atoms with Crippen molar-refractivity contribution in [3.05, 3.63) is 35.6 Å². The van der Waals surface area contributed by atoms with E-state index in [1.807, 2.05) is 13.8 Å². The summed E-state index contributed by atoms with van der Waals surface area (Å²) >= 11 is 0. The van der Waals surface area contributed by atoms with Crippen LogP contribution in [0.15, 0.2) is 24.3 Å². The average Bonchev–Trinajstić information content (AvgIpc) is 2.25. The van der Waals surface area contributed by atoms with Crippen molar-refractivity contribution in [3.8, 4) is 0 Å². The van der Waals surface area contributed by atoms with E-state index in [1.54, 1.807) is 19.1 Å². The van der Waals surface area contributed by atoms with Crippen molar-refractivity contribution in [3.63, 3.8) is 0 Å². The molecule has 1 aromatic carbocycles.